The van der Waals surface area contributed by atoms with Gasteiger partial charge in [0.2, 0.25) is 0 Å². The van der Waals surface area contributed by atoms with Gasteiger partial charge >= 0.3 is 0 Å². The number of amides is 1. The van der Waals surface area contributed by atoms with Crippen LogP contribution >= 0.6 is 11.6 Å². The normalized spacial score (nSPS) is 17.9. The number of aliphatic hydroxyl groups excluding tert-OH is 1. The van der Waals surface area contributed by atoms with Crippen molar-refractivity contribution in [2.75, 3.05) is 13.2 Å². The summed E-state index contributed by atoms with van der Waals surface area (Å²) in [7, 11) is 0. The van der Waals surface area contributed by atoms with Gasteiger partial charge in [0.1, 0.15) is 17.3 Å². The molecular weight excluding hydrogens is 418 g/mol. The second-order valence-corrected chi connectivity index (χ2v) is 7.84. The van der Waals surface area contributed by atoms with E-state index in [2.05, 4.69) is 0 Å². The lowest BCUT2D eigenvalue weighted by atomic mass is 9.95. The minimum atomic E-state index is -0.801. The van der Waals surface area contributed by atoms with Crippen molar-refractivity contribution >= 4 is 29.1 Å². The molecule has 1 heterocycles. The molecule has 1 aliphatic heterocycles. The van der Waals surface area contributed by atoms with Crippen LogP contribution in [0.25, 0.3) is 5.76 Å². The van der Waals surface area contributed by atoms with E-state index in [9.17, 15) is 19.8 Å². The van der Waals surface area contributed by atoms with Crippen LogP contribution in [-0.4, -0.2) is 40.0 Å². The van der Waals surface area contributed by atoms with E-state index in [-0.39, 0.29) is 22.1 Å². The number of hydrogen-bond donors (Lipinski definition) is 2. The fourth-order valence-electron chi connectivity index (χ4n) is 3.59. The van der Waals surface area contributed by atoms with Crippen molar-refractivity contribution < 1.29 is 24.5 Å². The number of ether oxygens (including phenoxy) is 1. The van der Waals surface area contributed by atoms with E-state index in [1.807, 2.05) is 13.8 Å². The zero-order valence-corrected chi connectivity index (χ0v) is 18.4. The smallest absolute Gasteiger partial charge is 0.295 e. The number of ketones is 1. The molecule has 0 saturated carbocycles. The van der Waals surface area contributed by atoms with E-state index >= 15 is 0 Å². The number of carbonyl (C=O) groups excluding carboxylic acids is 2. The van der Waals surface area contributed by atoms with Gasteiger partial charge in [0.15, 0.2) is 0 Å². The molecule has 0 spiro atoms. The molecule has 2 N–H and O–H groups in total. The van der Waals surface area contributed by atoms with Crippen LogP contribution in [0, 0.1) is 0 Å². The summed E-state index contributed by atoms with van der Waals surface area (Å²) in [5.41, 5.74) is 0.922. The van der Waals surface area contributed by atoms with Crippen LogP contribution in [0.2, 0.25) is 5.02 Å². The standard InChI is InChI=1S/C24H26ClNO5/c1-3-5-11-26-21(15-9-10-19(27)18(25)14-15)20(23(29)24(26)30)22(28)16-7-6-8-17(13-16)31-12-4-2/h6-10,13-14,21,27-28H,3-5,11-12H2,1-2H3/b22-20-. The van der Waals surface area contributed by atoms with Crippen molar-refractivity contribution in [1.82, 2.24) is 4.90 Å². The van der Waals surface area contributed by atoms with Crippen molar-refractivity contribution in [3.63, 3.8) is 0 Å². The van der Waals surface area contributed by atoms with Gasteiger partial charge in [-0.1, -0.05) is 50.1 Å². The number of hydrogen-bond acceptors (Lipinski definition) is 5. The van der Waals surface area contributed by atoms with Gasteiger partial charge in [0, 0.05) is 12.1 Å². The molecule has 1 unspecified atom stereocenters. The largest absolute Gasteiger partial charge is 0.507 e. The highest BCUT2D eigenvalue weighted by Gasteiger charge is 2.45. The van der Waals surface area contributed by atoms with E-state index in [0.717, 1.165) is 12.8 Å². The van der Waals surface area contributed by atoms with Crippen LogP contribution in [0.5, 0.6) is 11.5 Å². The number of Topliss-reactive ketones (excluding diaryl/α,β-unsaturated/α-hetero) is 1. The molecule has 1 saturated heterocycles. The second kappa shape index (κ2) is 9.88. The van der Waals surface area contributed by atoms with Crippen LogP contribution < -0.4 is 4.74 Å². The van der Waals surface area contributed by atoms with Gasteiger partial charge in [-0.15, -0.1) is 0 Å². The van der Waals surface area contributed by atoms with Crippen LogP contribution in [0.15, 0.2) is 48.0 Å². The fourth-order valence-corrected chi connectivity index (χ4v) is 3.78. The average Bonchev–Trinajstić information content (AvgIpc) is 3.02. The number of phenols is 1. The van der Waals surface area contributed by atoms with Crippen molar-refractivity contribution in [3.05, 3.63) is 64.2 Å². The fraction of sp³-hybridized carbons (Fsp3) is 0.333. The number of aliphatic hydroxyl groups is 1. The summed E-state index contributed by atoms with van der Waals surface area (Å²) in [6.45, 7) is 4.87. The Bertz CT molecular complexity index is 1020. The first-order valence-electron chi connectivity index (χ1n) is 10.4. The monoisotopic (exact) mass is 443 g/mol. The summed E-state index contributed by atoms with van der Waals surface area (Å²) in [6.07, 6.45) is 2.37. The topological polar surface area (TPSA) is 87.1 Å². The number of nitrogens with zero attached hydrogens (tertiary/aromatic N) is 1. The van der Waals surface area contributed by atoms with Crippen LogP contribution in [0.1, 0.15) is 50.3 Å². The minimum Gasteiger partial charge on any atom is -0.507 e. The lowest BCUT2D eigenvalue weighted by Gasteiger charge is -2.25. The number of halogens is 1. The van der Waals surface area contributed by atoms with Gasteiger partial charge in [-0.25, -0.2) is 0 Å². The first-order chi connectivity index (χ1) is 14.9. The number of carbonyl (C=O) groups is 2. The number of benzene rings is 2. The van der Waals surface area contributed by atoms with Gasteiger partial charge in [0.25, 0.3) is 11.7 Å². The summed E-state index contributed by atoms with van der Waals surface area (Å²) in [5, 5.41) is 21.0. The van der Waals surface area contributed by atoms with Crippen LogP contribution in [-0.2, 0) is 9.59 Å². The third-order valence-corrected chi connectivity index (χ3v) is 5.46. The predicted octanol–water partition coefficient (Wildman–Crippen LogP) is 5.06. The minimum absolute atomic E-state index is 0.00417. The Morgan fingerprint density at radius 2 is 1.90 bits per heavy atom. The summed E-state index contributed by atoms with van der Waals surface area (Å²) >= 11 is 6.10. The highest BCUT2D eigenvalue weighted by Crippen LogP contribution is 2.41. The quantitative estimate of drug-likeness (QED) is 0.338. The SMILES string of the molecule is CCCCN1C(=O)C(=O)/C(=C(\O)c2cccc(OCCC)c2)C1c1ccc(O)c(Cl)c1. The molecule has 7 heteroatoms. The molecule has 1 aliphatic rings. The van der Waals surface area contributed by atoms with Crippen molar-refractivity contribution in [3.8, 4) is 11.5 Å². The van der Waals surface area contributed by atoms with Crippen molar-refractivity contribution in [2.45, 2.75) is 39.2 Å². The number of unbranched alkanes of at least 4 members (excludes halogenated alkanes) is 1. The van der Waals surface area contributed by atoms with Crippen LogP contribution in [0.4, 0.5) is 0 Å². The Balaban J connectivity index is 2.13. The third kappa shape index (κ3) is 4.69. The van der Waals surface area contributed by atoms with E-state index < -0.39 is 17.7 Å². The number of phenolic OH excluding ortho intramolecular Hbond substituents is 1. The molecule has 2 aromatic carbocycles. The summed E-state index contributed by atoms with van der Waals surface area (Å²) in [5.74, 6) is -1.22. The maximum atomic E-state index is 13.0. The Hall–Kier alpha value is -2.99. The molecule has 1 amide bonds. The third-order valence-electron chi connectivity index (χ3n) is 5.16. The zero-order valence-electron chi connectivity index (χ0n) is 17.6. The highest BCUT2D eigenvalue weighted by molar-refractivity contribution is 6.46. The second-order valence-electron chi connectivity index (χ2n) is 7.43. The molecule has 164 valence electrons. The Labute approximate surface area is 186 Å². The van der Waals surface area contributed by atoms with Gasteiger partial charge < -0.3 is 19.8 Å². The molecule has 0 aliphatic carbocycles. The summed E-state index contributed by atoms with van der Waals surface area (Å²) < 4.78 is 5.63. The molecule has 31 heavy (non-hydrogen) atoms. The first kappa shape index (κ1) is 22.7. The van der Waals surface area contributed by atoms with Gasteiger partial charge in [-0.3, -0.25) is 9.59 Å². The number of likely N-dealkylation sites (tertiary alicyclic amines) is 1. The molecular formula is C24H26ClNO5. The molecule has 6 nitrogen and oxygen atoms in total. The molecule has 2 aromatic rings. The van der Waals surface area contributed by atoms with Gasteiger partial charge in [-0.2, -0.15) is 0 Å². The van der Waals surface area contributed by atoms with E-state index in [1.165, 1.54) is 17.0 Å². The molecule has 0 aromatic heterocycles. The van der Waals surface area contributed by atoms with Gasteiger partial charge in [-0.05, 0) is 42.7 Å². The zero-order chi connectivity index (χ0) is 22.5. The highest BCUT2D eigenvalue weighted by atomic mass is 35.5. The lowest BCUT2D eigenvalue weighted by Crippen LogP contribution is -2.30. The van der Waals surface area contributed by atoms with E-state index in [4.69, 9.17) is 16.3 Å². The van der Waals surface area contributed by atoms with Crippen molar-refractivity contribution in [2.24, 2.45) is 0 Å². The number of rotatable bonds is 8. The van der Waals surface area contributed by atoms with Crippen molar-refractivity contribution in [1.29, 1.82) is 0 Å². The molecule has 0 bridgehead atoms. The summed E-state index contributed by atoms with van der Waals surface area (Å²) in [4.78, 5) is 27.2. The summed E-state index contributed by atoms with van der Waals surface area (Å²) in [6, 6.07) is 10.5. The first-order valence-corrected chi connectivity index (χ1v) is 10.8. The van der Waals surface area contributed by atoms with Crippen LogP contribution in [0.3, 0.4) is 0 Å². The van der Waals surface area contributed by atoms with E-state index in [0.29, 0.717) is 36.4 Å². The van der Waals surface area contributed by atoms with E-state index in [1.54, 1.807) is 30.3 Å². The molecule has 1 fully saturated rings. The lowest BCUT2D eigenvalue weighted by molar-refractivity contribution is -0.139. The average molecular weight is 444 g/mol. The molecule has 0 radical (unpaired) electrons. The Kier molecular flexibility index (Phi) is 7.23. The van der Waals surface area contributed by atoms with Gasteiger partial charge in [0.05, 0.1) is 23.2 Å². The molecule has 1 atom stereocenters. The Morgan fingerprint density at radius 1 is 1.13 bits per heavy atom. The maximum absolute atomic E-state index is 13.0. The maximum Gasteiger partial charge on any atom is 0.295 e. The Morgan fingerprint density at radius 3 is 2.58 bits per heavy atom. The predicted molar refractivity (Wildman–Crippen MR) is 119 cm³/mol. The number of aromatic hydroxyl groups is 1. The molecule has 3 rings (SSSR count).